The average molecular weight is 285 g/mol. The Labute approximate surface area is 118 Å². The predicted octanol–water partition coefficient (Wildman–Crippen LogP) is 2.16. The summed E-state index contributed by atoms with van der Waals surface area (Å²) in [6, 6.07) is 8.02. The van der Waals surface area contributed by atoms with E-state index in [2.05, 4.69) is 0 Å². The second-order valence-corrected chi connectivity index (χ2v) is 4.55. The fourth-order valence-corrected chi connectivity index (χ4v) is 2.15. The summed E-state index contributed by atoms with van der Waals surface area (Å²) in [5, 5.41) is 28.5. The molecule has 0 unspecified atom stereocenters. The van der Waals surface area contributed by atoms with Crippen LogP contribution in [-0.2, 0) is 0 Å². The van der Waals surface area contributed by atoms with Crippen LogP contribution in [0.4, 0.5) is 5.88 Å². The van der Waals surface area contributed by atoms with Crippen molar-refractivity contribution in [2.24, 2.45) is 0 Å². The van der Waals surface area contributed by atoms with Crippen LogP contribution in [0.15, 0.2) is 45.6 Å². The van der Waals surface area contributed by atoms with Crippen LogP contribution in [0.3, 0.4) is 0 Å². The minimum atomic E-state index is -0.390. The van der Waals surface area contributed by atoms with Gasteiger partial charge >= 0.3 is 0 Å². The summed E-state index contributed by atoms with van der Waals surface area (Å²) in [6.07, 6.45) is 0. The topological polar surface area (TPSA) is 117 Å². The zero-order chi connectivity index (χ0) is 15.1. The lowest BCUT2D eigenvalue weighted by Gasteiger charge is -2.07. The smallest absolute Gasteiger partial charge is 0.202 e. The van der Waals surface area contributed by atoms with Crippen LogP contribution in [0.25, 0.3) is 22.1 Å². The molecule has 0 radical (unpaired) electrons. The Kier molecular flexibility index (Phi) is 2.72. The molecule has 0 aliphatic rings. The quantitative estimate of drug-likeness (QED) is 0.509. The molecule has 0 fully saturated rings. The van der Waals surface area contributed by atoms with Gasteiger partial charge in [-0.1, -0.05) is 6.07 Å². The first-order valence-corrected chi connectivity index (χ1v) is 6.05. The first-order chi connectivity index (χ1) is 9.97. The molecule has 6 nitrogen and oxygen atoms in total. The van der Waals surface area contributed by atoms with Crippen molar-refractivity contribution in [3.8, 4) is 28.4 Å². The predicted molar refractivity (Wildman–Crippen MR) is 77.3 cm³/mol. The average Bonchev–Trinajstić information content (AvgIpc) is 2.42. The number of rotatable bonds is 1. The molecular weight excluding hydrogens is 274 g/mol. The number of phenols is 3. The van der Waals surface area contributed by atoms with Gasteiger partial charge in [0, 0.05) is 6.07 Å². The van der Waals surface area contributed by atoms with Gasteiger partial charge in [0.25, 0.3) is 0 Å². The zero-order valence-corrected chi connectivity index (χ0v) is 10.7. The van der Waals surface area contributed by atoms with Gasteiger partial charge in [-0.25, -0.2) is 0 Å². The molecule has 0 amide bonds. The third-order valence-electron chi connectivity index (χ3n) is 3.17. The summed E-state index contributed by atoms with van der Waals surface area (Å²) in [5.41, 5.74) is 5.96. The number of nitrogen functional groups attached to an aromatic ring is 1. The van der Waals surface area contributed by atoms with E-state index in [9.17, 15) is 20.1 Å². The van der Waals surface area contributed by atoms with Crippen molar-refractivity contribution >= 4 is 16.9 Å². The minimum absolute atomic E-state index is 0.0416. The molecule has 5 N–H and O–H groups in total. The van der Waals surface area contributed by atoms with Crippen molar-refractivity contribution in [1.29, 1.82) is 0 Å². The van der Waals surface area contributed by atoms with E-state index in [4.69, 9.17) is 10.2 Å². The molecule has 106 valence electrons. The van der Waals surface area contributed by atoms with E-state index < -0.39 is 0 Å². The number of hydrogen-bond donors (Lipinski definition) is 4. The van der Waals surface area contributed by atoms with Crippen molar-refractivity contribution in [3.63, 3.8) is 0 Å². The first-order valence-electron chi connectivity index (χ1n) is 6.05. The Morgan fingerprint density at radius 3 is 2.43 bits per heavy atom. The van der Waals surface area contributed by atoms with Crippen LogP contribution in [-0.4, -0.2) is 15.3 Å². The van der Waals surface area contributed by atoms with Gasteiger partial charge in [0.05, 0.1) is 10.9 Å². The minimum Gasteiger partial charge on any atom is -0.508 e. The van der Waals surface area contributed by atoms with Crippen molar-refractivity contribution in [1.82, 2.24) is 0 Å². The molecule has 3 aromatic rings. The van der Waals surface area contributed by atoms with Crippen molar-refractivity contribution in [2.75, 3.05) is 5.73 Å². The molecule has 3 rings (SSSR count). The largest absolute Gasteiger partial charge is 0.508 e. The van der Waals surface area contributed by atoms with Gasteiger partial charge in [-0.15, -0.1) is 0 Å². The lowest BCUT2D eigenvalue weighted by atomic mass is 10.0. The van der Waals surface area contributed by atoms with Crippen LogP contribution < -0.4 is 11.2 Å². The fraction of sp³-hybridized carbons (Fsp3) is 0. The van der Waals surface area contributed by atoms with E-state index in [0.29, 0.717) is 5.56 Å². The highest BCUT2D eigenvalue weighted by atomic mass is 16.3. The Balaban J connectivity index is 2.35. The summed E-state index contributed by atoms with van der Waals surface area (Å²) >= 11 is 0. The third-order valence-corrected chi connectivity index (χ3v) is 3.17. The van der Waals surface area contributed by atoms with Gasteiger partial charge in [-0.05, 0) is 29.8 Å². The molecule has 21 heavy (non-hydrogen) atoms. The molecule has 0 atom stereocenters. The number of benzene rings is 2. The first kappa shape index (κ1) is 12.9. The van der Waals surface area contributed by atoms with Crippen molar-refractivity contribution in [2.45, 2.75) is 0 Å². The summed E-state index contributed by atoms with van der Waals surface area (Å²) in [5.74, 6) is -0.840. The lowest BCUT2D eigenvalue weighted by molar-refractivity contribution is 0.404. The Bertz CT molecular complexity index is 914. The second-order valence-electron chi connectivity index (χ2n) is 4.55. The summed E-state index contributed by atoms with van der Waals surface area (Å²) in [7, 11) is 0. The number of fused-ring (bicyclic) bond motifs is 1. The summed E-state index contributed by atoms with van der Waals surface area (Å²) < 4.78 is 5.35. The van der Waals surface area contributed by atoms with E-state index in [1.54, 1.807) is 0 Å². The van der Waals surface area contributed by atoms with Crippen molar-refractivity contribution < 1.29 is 19.7 Å². The molecular formula is C15H11NO5. The third kappa shape index (κ3) is 2.02. The molecule has 0 saturated carbocycles. The maximum Gasteiger partial charge on any atom is 0.202 e. The molecule has 0 aliphatic heterocycles. The summed E-state index contributed by atoms with van der Waals surface area (Å²) in [4.78, 5) is 12.5. The normalized spacial score (nSPS) is 10.9. The molecule has 2 aromatic carbocycles. The molecule has 0 bridgehead atoms. The van der Waals surface area contributed by atoms with Crippen LogP contribution in [0.5, 0.6) is 17.2 Å². The standard InChI is InChI=1S/C15H11NO5/c16-15-13(7-1-4-10(18)11(19)5-7)14(20)9-3-2-8(17)6-12(9)21-15/h1-6,17-19H,16H2. The van der Waals surface area contributed by atoms with Crippen LogP contribution in [0.2, 0.25) is 0 Å². The van der Waals surface area contributed by atoms with E-state index in [0.717, 1.165) is 0 Å². The lowest BCUT2D eigenvalue weighted by Crippen LogP contribution is -2.08. The van der Waals surface area contributed by atoms with Gasteiger partial charge in [0.1, 0.15) is 11.3 Å². The van der Waals surface area contributed by atoms with Gasteiger partial charge < -0.3 is 25.5 Å². The van der Waals surface area contributed by atoms with Gasteiger partial charge in [-0.2, -0.15) is 0 Å². The molecule has 0 spiro atoms. The number of phenolic OH excluding ortho intramolecular Hbond substituents is 3. The Morgan fingerprint density at radius 1 is 0.952 bits per heavy atom. The number of nitrogens with two attached hydrogens (primary N) is 1. The Morgan fingerprint density at radius 2 is 1.71 bits per heavy atom. The van der Waals surface area contributed by atoms with Crippen LogP contribution >= 0.6 is 0 Å². The second kappa shape index (κ2) is 4.45. The van der Waals surface area contributed by atoms with E-state index in [1.807, 2.05) is 0 Å². The van der Waals surface area contributed by atoms with Gasteiger partial charge in [0.2, 0.25) is 11.3 Å². The molecule has 1 aromatic heterocycles. The SMILES string of the molecule is Nc1oc2cc(O)ccc2c(=O)c1-c1ccc(O)c(O)c1. The number of anilines is 1. The number of aromatic hydroxyl groups is 3. The van der Waals surface area contributed by atoms with Gasteiger partial charge in [0.15, 0.2) is 11.5 Å². The van der Waals surface area contributed by atoms with Crippen molar-refractivity contribution in [3.05, 3.63) is 46.6 Å². The fourth-order valence-electron chi connectivity index (χ4n) is 2.15. The molecule has 6 heteroatoms. The summed E-state index contributed by atoms with van der Waals surface area (Å²) in [6.45, 7) is 0. The molecule has 1 heterocycles. The van der Waals surface area contributed by atoms with E-state index in [1.165, 1.54) is 36.4 Å². The van der Waals surface area contributed by atoms with E-state index >= 15 is 0 Å². The van der Waals surface area contributed by atoms with Crippen LogP contribution in [0.1, 0.15) is 0 Å². The molecule has 0 saturated heterocycles. The maximum absolute atomic E-state index is 12.5. The van der Waals surface area contributed by atoms with Crippen LogP contribution in [0, 0.1) is 0 Å². The highest BCUT2D eigenvalue weighted by Gasteiger charge is 2.15. The molecule has 0 aliphatic carbocycles. The Hall–Kier alpha value is -3.15. The maximum atomic E-state index is 12.5. The number of hydrogen-bond acceptors (Lipinski definition) is 6. The van der Waals surface area contributed by atoms with E-state index in [-0.39, 0.29) is 45.1 Å². The monoisotopic (exact) mass is 285 g/mol. The van der Waals surface area contributed by atoms with Gasteiger partial charge in [-0.3, -0.25) is 4.79 Å². The zero-order valence-electron chi connectivity index (χ0n) is 10.7. The highest BCUT2D eigenvalue weighted by molar-refractivity contribution is 5.87. The highest BCUT2D eigenvalue weighted by Crippen LogP contribution is 2.33.